The third-order valence-electron chi connectivity index (χ3n) is 3.25. The summed E-state index contributed by atoms with van der Waals surface area (Å²) < 4.78 is 7.68. The van der Waals surface area contributed by atoms with Crippen LogP contribution >= 0.6 is 11.6 Å². The van der Waals surface area contributed by atoms with Gasteiger partial charge < -0.3 is 10.5 Å². The first-order valence-corrected chi connectivity index (χ1v) is 7.16. The summed E-state index contributed by atoms with van der Waals surface area (Å²) in [5.41, 5.74) is 8.53. The second-order valence-corrected chi connectivity index (χ2v) is 5.00. The largest absolute Gasteiger partial charge is 0.487 e. The SMILES string of the molecule is CCc1nn(C)c(COc2ccccc2CCN)c1Cl. The molecule has 0 saturated heterocycles. The third kappa shape index (κ3) is 3.14. The highest BCUT2D eigenvalue weighted by atomic mass is 35.5. The summed E-state index contributed by atoms with van der Waals surface area (Å²) in [7, 11) is 1.88. The molecule has 1 aromatic carbocycles. The number of aryl methyl sites for hydroxylation is 2. The number of nitrogens with two attached hydrogens (primary N) is 1. The lowest BCUT2D eigenvalue weighted by Crippen LogP contribution is -2.07. The monoisotopic (exact) mass is 293 g/mol. The van der Waals surface area contributed by atoms with Crippen LogP contribution < -0.4 is 10.5 Å². The molecule has 5 heteroatoms. The Kier molecular flexibility index (Phi) is 5.04. The van der Waals surface area contributed by atoms with Gasteiger partial charge in [0, 0.05) is 7.05 Å². The molecule has 1 aromatic heterocycles. The third-order valence-corrected chi connectivity index (χ3v) is 3.69. The molecule has 0 aliphatic carbocycles. The Labute approximate surface area is 124 Å². The van der Waals surface area contributed by atoms with E-state index < -0.39 is 0 Å². The van der Waals surface area contributed by atoms with Gasteiger partial charge in [0.15, 0.2) is 0 Å². The van der Waals surface area contributed by atoms with Crippen LogP contribution in [0, 0.1) is 0 Å². The predicted octanol–water partition coefficient (Wildman–Crippen LogP) is 2.72. The molecule has 0 aliphatic heterocycles. The molecule has 2 rings (SSSR count). The molecule has 20 heavy (non-hydrogen) atoms. The minimum absolute atomic E-state index is 0.407. The van der Waals surface area contributed by atoms with Gasteiger partial charge in [0.25, 0.3) is 0 Å². The molecular formula is C15H20ClN3O. The van der Waals surface area contributed by atoms with Crippen LogP contribution in [0.25, 0.3) is 0 Å². The highest BCUT2D eigenvalue weighted by Crippen LogP contribution is 2.24. The fraction of sp³-hybridized carbons (Fsp3) is 0.400. The first kappa shape index (κ1) is 14.9. The van der Waals surface area contributed by atoms with Gasteiger partial charge in [0.2, 0.25) is 0 Å². The lowest BCUT2D eigenvalue weighted by Gasteiger charge is -2.11. The summed E-state index contributed by atoms with van der Waals surface area (Å²) in [5, 5.41) is 5.08. The number of hydrogen-bond acceptors (Lipinski definition) is 3. The van der Waals surface area contributed by atoms with Gasteiger partial charge in [-0.15, -0.1) is 0 Å². The molecule has 4 nitrogen and oxygen atoms in total. The van der Waals surface area contributed by atoms with Crippen molar-refractivity contribution in [3.63, 3.8) is 0 Å². The van der Waals surface area contributed by atoms with Crippen molar-refractivity contribution in [1.82, 2.24) is 9.78 Å². The highest BCUT2D eigenvalue weighted by molar-refractivity contribution is 6.31. The van der Waals surface area contributed by atoms with Crippen LogP contribution in [0.5, 0.6) is 5.75 Å². The standard InChI is InChI=1S/C15H20ClN3O/c1-3-12-15(16)13(19(2)18-12)10-20-14-7-5-4-6-11(14)8-9-17/h4-7H,3,8-10,17H2,1-2H3. The Balaban J connectivity index is 2.15. The maximum Gasteiger partial charge on any atom is 0.131 e. The van der Waals surface area contributed by atoms with Crippen molar-refractivity contribution in [1.29, 1.82) is 0 Å². The normalized spacial score (nSPS) is 10.8. The predicted molar refractivity (Wildman–Crippen MR) is 81.1 cm³/mol. The van der Waals surface area contributed by atoms with E-state index in [1.807, 2.05) is 38.2 Å². The van der Waals surface area contributed by atoms with Gasteiger partial charge in [0.1, 0.15) is 12.4 Å². The number of para-hydroxylation sites is 1. The molecular weight excluding hydrogens is 274 g/mol. The number of halogens is 1. The number of rotatable bonds is 6. The van der Waals surface area contributed by atoms with E-state index in [9.17, 15) is 0 Å². The van der Waals surface area contributed by atoms with Crippen molar-refractivity contribution < 1.29 is 4.74 Å². The molecule has 0 amide bonds. The Morgan fingerprint density at radius 3 is 2.75 bits per heavy atom. The van der Waals surface area contributed by atoms with E-state index in [0.29, 0.717) is 18.2 Å². The van der Waals surface area contributed by atoms with E-state index >= 15 is 0 Å². The lowest BCUT2D eigenvalue weighted by atomic mass is 10.1. The summed E-state index contributed by atoms with van der Waals surface area (Å²) in [4.78, 5) is 0. The van der Waals surface area contributed by atoms with Crippen LogP contribution in [0.4, 0.5) is 0 Å². The molecule has 0 atom stereocenters. The zero-order valence-corrected chi connectivity index (χ0v) is 12.7. The van der Waals surface area contributed by atoms with Gasteiger partial charge in [0.05, 0.1) is 16.4 Å². The number of ether oxygens (including phenoxy) is 1. The molecule has 0 bridgehead atoms. The molecule has 2 N–H and O–H groups in total. The van der Waals surface area contributed by atoms with Crippen LogP contribution in [-0.4, -0.2) is 16.3 Å². The molecule has 0 radical (unpaired) electrons. The molecule has 1 heterocycles. The Hall–Kier alpha value is -1.52. The van der Waals surface area contributed by atoms with Gasteiger partial charge >= 0.3 is 0 Å². The van der Waals surface area contributed by atoms with Gasteiger partial charge in [-0.05, 0) is 31.0 Å². The van der Waals surface area contributed by atoms with Crippen LogP contribution in [0.3, 0.4) is 0 Å². The van der Waals surface area contributed by atoms with Crippen molar-refractivity contribution >= 4 is 11.6 Å². The van der Waals surface area contributed by atoms with E-state index in [0.717, 1.165) is 35.5 Å². The van der Waals surface area contributed by atoms with Gasteiger partial charge in [-0.3, -0.25) is 4.68 Å². The highest BCUT2D eigenvalue weighted by Gasteiger charge is 2.14. The van der Waals surface area contributed by atoms with Crippen LogP contribution in [0.1, 0.15) is 23.9 Å². The average Bonchev–Trinajstić information content (AvgIpc) is 2.73. The average molecular weight is 294 g/mol. The molecule has 0 aliphatic rings. The van der Waals surface area contributed by atoms with E-state index in [1.165, 1.54) is 0 Å². The summed E-state index contributed by atoms with van der Waals surface area (Å²) in [6.07, 6.45) is 1.62. The van der Waals surface area contributed by atoms with Gasteiger partial charge in [-0.1, -0.05) is 36.7 Å². The smallest absolute Gasteiger partial charge is 0.131 e. The first-order valence-electron chi connectivity index (χ1n) is 6.78. The van der Waals surface area contributed by atoms with Crippen molar-refractivity contribution in [2.45, 2.75) is 26.4 Å². The minimum atomic E-state index is 0.407. The number of hydrogen-bond donors (Lipinski definition) is 1. The summed E-state index contributed by atoms with van der Waals surface area (Å²) in [5.74, 6) is 0.855. The van der Waals surface area contributed by atoms with Crippen molar-refractivity contribution in [3.8, 4) is 5.75 Å². The first-order chi connectivity index (χ1) is 9.67. The lowest BCUT2D eigenvalue weighted by molar-refractivity contribution is 0.292. The zero-order chi connectivity index (χ0) is 14.5. The maximum atomic E-state index is 6.31. The van der Waals surface area contributed by atoms with Crippen molar-refractivity contribution in [2.24, 2.45) is 12.8 Å². The maximum absolute atomic E-state index is 6.31. The zero-order valence-electron chi connectivity index (χ0n) is 11.9. The Morgan fingerprint density at radius 2 is 2.10 bits per heavy atom. The molecule has 0 saturated carbocycles. The number of aromatic nitrogens is 2. The molecule has 2 aromatic rings. The Bertz CT molecular complexity index is 580. The van der Waals surface area contributed by atoms with E-state index in [2.05, 4.69) is 5.10 Å². The molecule has 0 unspecified atom stereocenters. The second-order valence-electron chi connectivity index (χ2n) is 4.62. The quantitative estimate of drug-likeness (QED) is 0.891. The van der Waals surface area contributed by atoms with E-state index in [-0.39, 0.29) is 0 Å². The van der Waals surface area contributed by atoms with E-state index in [4.69, 9.17) is 22.1 Å². The van der Waals surface area contributed by atoms with Gasteiger partial charge in [-0.2, -0.15) is 5.10 Å². The van der Waals surface area contributed by atoms with Gasteiger partial charge in [-0.25, -0.2) is 0 Å². The van der Waals surface area contributed by atoms with Crippen molar-refractivity contribution in [2.75, 3.05) is 6.54 Å². The van der Waals surface area contributed by atoms with Crippen LogP contribution in [0.2, 0.25) is 5.02 Å². The van der Waals surface area contributed by atoms with E-state index in [1.54, 1.807) is 4.68 Å². The molecule has 0 spiro atoms. The fourth-order valence-electron chi connectivity index (χ4n) is 2.13. The topological polar surface area (TPSA) is 53.1 Å². The van der Waals surface area contributed by atoms with Crippen molar-refractivity contribution in [3.05, 3.63) is 46.2 Å². The molecule has 0 fully saturated rings. The summed E-state index contributed by atoms with van der Waals surface area (Å²) in [6, 6.07) is 7.93. The molecule has 108 valence electrons. The summed E-state index contributed by atoms with van der Waals surface area (Å²) >= 11 is 6.31. The van der Waals surface area contributed by atoms with Crippen LogP contribution in [-0.2, 0) is 26.5 Å². The fourth-order valence-corrected chi connectivity index (χ4v) is 2.48. The number of benzene rings is 1. The minimum Gasteiger partial charge on any atom is -0.487 e. The Morgan fingerprint density at radius 1 is 1.35 bits per heavy atom. The summed E-state index contributed by atoms with van der Waals surface area (Å²) in [6.45, 7) is 3.05. The van der Waals surface area contributed by atoms with Crippen LogP contribution in [0.15, 0.2) is 24.3 Å². The second kappa shape index (κ2) is 6.77. The number of nitrogens with zero attached hydrogens (tertiary/aromatic N) is 2.